The zero-order chi connectivity index (χ0) is 18.7. The summed E-state index contributed by atoms with van der Waals surface area (Å²) in [6.07, 6.45) is 1.53. The van der Waals surface area contributed by atoms with Crippen LogP contribution in [-0.4, -0.2) is 25.5 Å². The second kappa shape index (κ2) is 8.09. The number of carbonyl (C=O) groups is 1. The van der Waals surface area contributed by atoms with E-state index in [0.29, 0.717) is 17.2 Å². The van der Waals surface area contributed by atoms with Gasteiger partial charge in [0.05, 0.1) is 6.21 Å². The lowest BCUT2D eigenvalue weighted by molar-refractivity contribution is -0.123. The van der Waals surface area contributed by atoms with Crippen molar-refractivity contribution in [1.82, 2.24) is 5.43 Å². The van der Waals surface area contributed by atoms with Crippen molar-refractivity contribution in [2.75, 3.05) is 13.4 Å². The molecule has 6 nitrogen and oxygen atoms in total. The summed E-state index contributed by atoms with van der Waals surface area (Å²) < 4.78 is 18.0. The number of carbonyl (C=O) groups excluding carboxylic acids is 1. The summed E-state index contributed by atoms with van der Waals surface area (Å²) in [5, 5.41) is 3.96. The Balaban J connectivity index is 1.57. The van der Waals surface area contributed by atoms with E-state index >= 15 is 0 Å². The molecule has 1 aliphatic heterocycles. The minimum Gasteiger partial charge on any atom is -0.483 e. The highest BCUT2D eigenvalue weighted by atomic mass is 79.9. The maximum absolute atomic E-state index is 12.0. The summed E-state index contributed by atoms with van der Waals surface area (Å²) in [4.78, 5) is 12.0. The maximum Gasteiger partial charge on any atom is 0.277 e. The number of aryl methyl sites for hydroxylation is 2. The molecule has 8 heteroatoms. The Morgan fingerprint density at radius 1 is 1.19 bits per heavy atom. The number of rotatable bonds is 5. The molecule has 0 spiro atoms. The average Bonchev–Trinajstić information content (AvgIpc) is 3.01. The molecule has 136 valence electrons. The fourth-order valence-corrected chi connectivity index (χ4v) is 3.61. The molecule has 0 unspecified atom stereocenters. The third kappa shape index (κ3) is 4.37. The van der Waals surface area contributed by atoms with E-state index in [-0.39, 0.29) is 19.3 Å². The van der Waals surface area contributed by atoms with Gasteiger partial charge >= 0.3 is 0 Å². The fourth-order valence-electron chi connectivity index (χ4n) is 2.50. The van der Waals surface area contributed by atoms with Crippen LogP contribution >= 0.6 is 31.9 Å². The van der Waals surface area contributed by atoms with E-state index in [1.807, 2.05) is 26.0 Å². The predicted octanol–water partition coefficient (Wildman–Crippen LogP) is 4.09. The molecular weight excluding hydrogens is 468 g/mol. The van der Waals surface area contributed by atoms with Crippen LogP contribution in [0.1, 0.15) is 16.7 Å². The molecule has 1 heterocycles. The molecule has 26 heavy (non-hydrogen) atoms. The van der Waals surface area contributed by atoms with Crippen molar-refractivity contribution in [1.29, 1.82) is 0 Å². The van der Waals surface area contributed by atoms with Crippen molar-refractivity contribution in [2.45, 2.75) is 13.8 Å². The van der Waals surface area contributed by atoms with Gasteiger partial charge in [0.2, 0.25) is 6.79 Å². The summed E-state index contributed by atoms with van der Waals surface area (Å²) in [5.41, 5.74) is 5.12. The van der Waals surface area contributed by atoms with Crippen molar-refractivity contribution in [3.63, 3.8) is 0 Å². The molecule has 1 amide bonds. The Kier molecular flexibility index (Phi) is 5.83. The van der Waals surface area contributed by atoms with E-state index in [1.54, 1.807) is 12.1 Å². The molecule has 2 aromatic carbocycles. The Morgan fingerprint density at radius 3 is 2.54 bits per heavy atom. The van der Waals surface area contributed by atoms with Crippen molar-refractivity contribution < 1.29 is 19.0 Å². The number of ether oxygens (including phenoxy) is 3. The molecule has 2 aromatic rings. The summed E-state index contributed by atoms with van der Waals surface area (Å²) in [6.45, 7) is 3.94. The number of nitrogens with zero attached hydrogens (tertiary/aromatic N) is 1. The summed E-state index contributed by atoms with van der Waals surface area (Å²) in [6, 6.07) is 7.46. The van der Waals surface area contributed by atoms with Crippen LogP contribution < -0.4 is 19.6 Å². The van der Waals surface area contributed by atoms with E-state index in [2.05, 4.69) is 42.4 Å². The second-order valence-corrected chi connectivity index (χ2v) is 7.45. The molecular formula is C18H16Br2N2O4. The molecule has 0 aromatic heterocycles. The van der Waals surface area contributed by atoms with Crippen LogP contribution in [0, 0.1) is 13.8 Å². The van der Waals surface area contributed by atoms with Crippen molar-refractivity contribution >= 4 is 44.0 Å². The van der Waals surface area contributed by atoms with Crippen molar-refractivity contribution in [3.05, 3.63) is 49.9 Å². The first kappa shape index (κ1) is 18.7. The highest BCUT2D eigenvalue weighted by Gasteiger charge is 2.15. The molecule has 0 bridgehead atoms. The SMILES string of the molecule is Cc1cc(Br)cc(C)c1OCC(=O)N/N=C/c1cc2c(cc1Br)OCO2. The van der Waals surface area contributed by atoms with Crippen LogP contribution in [0.15, 0.2) is 38.3 Å². The quantitative estimate of drug-likeness (QED) is 0.513. The van der Waals surface area contributed by atoms with Gasteiger partial charge < -0.3 is 14.2 Å². The largest absolute Gasteiger partial charge is 0.483 e. The van der Waals surface area contributed by atoms with Crippen LogP contribution in [0.25, 0.3) is 0 Å². The molecule has 0 saturated heterocycles. The van der Waals surface area contributed by atoms with Gasteiger partial charge in [0, 0.05) is 14.5 Å². The minimum atomic E-state index is -0.347. The van der Waals surface area contributed by atoms with E-state index in [0.717, 1.165) is 25.6 Å². The van der Waals surface area contributed by atoms with Crippen LogP contribution in [0.4, 0.5) is 0 Å². The first-order chi connectivity index (χ1) is 12.4. The fraction of sp³-hybridized carbons (Fsp3) is 0.222. The third-order valence-corrected chi connectivity index (χ3v) is 4.80. The smallest absolute Gasteiger partial charge is 0.277 e. The molecule has 1 N–H and O–H groups in total. The van der Waals surface area contributed by atoms with Crippen molar-refractivity contribution in [3.8, 4) is 17.2 Å². The van der Waals surface area contributed by atoms with Gasteiger partial charge in [0.25, 0.3) is 5.91 Å². The first-order valence-electron chi connectivity index (χ1n) is 7.74. The van der Waals surface area contributed by atoms with Gasteiger partial charge in [0.15, 0.2) is 18.1 Å². The highest BCUT2D eigenvalue weighted by Crippen LogP contribution is 2.36. The van der Waals surface area contributed by atoms with Crippen molar-refractivity contribution in [2.24, 2.45) is 5.10 Å². The summed E-state index contributed by atoms with van der Waals surface area (Å²) >= 11 is 6.87. The molecule has 0 saturated carbocycles. The standard InChI is InChI=1S/C18H16Br2N2O4/c1-10-3-13(19)4-11(2)18(10)24-8-17(23)22-21-7-12-5-15-16(6-14(12)20)26-9-25-15/h3-7H,8-9H2,1-2H3,(H,22,23)/b21-7+. The van der Waals surface area contributed by atoms with E-state index in [9.17, 15) is 4.79 Å². The molecule has 3 rings (SSSR count). The summed E-state index contributed by atoms with van der Waals surface area (Å²) in [7, 11) is 0. The Hall–Kier alpha value is -2.06. The molecule has 0 atom stereocenters. The number of fused-ring (bicyclic) bond motifs is 1. The lowest BCUT2D eigenvalue weighted by atomic mass is 10.1. The van der Waals surface area contributed by atoms with Gasteiger partial charge in [-0.15, -0.1) is 0 Å². The number of hydrogen-bond donors (Lipinski definition) is 1. The lowest BCUT2D eigenvalue weighted by Gasteiger charge is -2.11. The normalized spacial score (nSPS) is 12.5. The zero-order valence-electron chi connectivity index (χ0n) is 14.1. The van der Waals surface area contributed by atoms with Crippen LogP contribution in [0.2, 0.25) is 0 Å². The zero-order valence-corrected chi connectivity index (χ0v) is 17.3. The van der Waals surface area contributed by atoms with E-state index < -0.39 is 0 Å². The van der Waals surface area contributed by atoms with E-state index in [4.69, 9.17) is 14.2 Å². The molecule has 0 radical (unpaired) electrons. The Labute approximate surface area is 167 Å². The topological polar surface area (TPSA) is 69.2 Å². The van der Waals surface area contributed by atoms with Gasteiger partial charge in [-0.05, 0) is 65.2 Å². The maximum atomic E-state index is 12.0. The van der Waals surface area contributed by atoms with Gasteiger partial charge in [-0.25, -0.2) is 5.43 Å². The number of amides is 1. The number of benzene rings is 2. The second-order valence-electron chi connectivity index (χ2n) is 5.68. The van der Waals surface area contributed by atoms with E-state index in [1.165, 1.54) is 6.21 Å². The van der Waals surface area contributed by atoms with Gasteiger partial charge in [-0.1, -0.05) is 15.9 Å². The van der Waals surface area contributed by atoms with Crippen LogP contribution in [0.5, 0.6) is 17.2 Å². The van der Waals surface area contributed by atoms with Gasteiger partial charge in [-0.3, -0.25) is 4.79 Å². The number of hydrogen-bond acceptors (Lipinski definition) is 5. The number of nitrogens with one attached hydrogen (secondary N) is 1. The number of halogens is 2. The highest BCUT2D eigenvalue weighted by molar-refractivity contribution is 9.10. The summed E-state index contributed by atoms with van der Waals surface area (Å²) in [5.74, 6) is 1.67. The number of hydrazone groups is 1. The third-order valence-electron chi connectivity index (χ3n) is 3.66. The molecule has 1 aliphatic rings. The first-order valence-corrected chi connectivity index (χ1v) is 9.33. The van der Waals surface area contributed by atoms with Gasteiger partial charge in [0.1, 0.15) is 5.75 Å². The predicted molar refractivity (Wildman–Crippen MR) is 105 cm³/mol. The Bertz CT molecular complexity index is 861. The van der Waals surface area contributed by atoms with Crippen LogP contribution in [-0.2, 0) is 4.79 Å². The van der Waals surface area contributed by atoms with Crippen LogP contribution in [0.3, 0.4) is 0 Å². The molecule has 0 aliphatic carbocycles. The Morgan fingerprint density at radius 2 is 1.85 bits per heavy atom. The average molecular weight is 484 g/mol. The van der Waals surface area contributed by atoms with Gasteiger partial charge in [-0.2, -0.15) is 5.10 Å². The lowest BCUT2D eigenvalue weighted by Crippen LogP contribution is -2.25. The monoisotopic (exact) mass is 482 g/mol. The molecule has 0 fully saturated rings. The minimum absolute atomic E-state index is 0.122.